The van der Waals surface area contributed by atoms with Crippen LogP contribution in [0.5, 0.6) is 0 Å². The number of fused-ring (bicyclic) bond motifs is 14. The SMILES string of the molecule is c1ccc(-c2nc(-c3ccccc3-c3ccccc3)nc(-c3cccc4c3oc3ccc5c(c34)-c3cccnc3C53c4ccccc4-c4ccccc43)n2)cc1. The van der Waals surface area contributed by atoms with Crippen LogP contribution in [0.25, 0.3) is 89.5 Å². The summed E-state index contributed by atoms with van der Waals surface area (Å²) >= 11 is 0. The van der Waals surface area contributed by atoms with E-state index in [4.69, 9.17) is 24.4 Å². The third-order valence-corrected chi connectivity index (χ3v) is 11.6. The molecule has 56 heavy (non-hydrogen) atoms. The van der Waals surface area contributed by atoms with Crippen LogP contribution in [0.2, 0.25) is 0 Å². The number of hydrogen-bond acceptors (Lipinski definition) is 5. The molecule has 0 aliphatic heterocycles. The molecule has 0 amide bonds. The minimum Gasteiger partial charge on any atom is -0.455 e. The van der Waals surface area contributed by atoms with Crippen molar-refractivity contribution in [2.24, 2.45) is 0 Å². The molecule has 2 aliphatic rings. The quantitative estimate of drug-likeness (QED) is 0.182. The molecule has 7 aromatic carbocycles. The maximum atomic E-state index is 6.93. The Morgan fingerprint density at radius 1 is 0.393 bits per heavy atom. The van der Waals surface area contributed by atoms with E-state index in [1.165, 1.54) is 27.8 Å². The Bertz CT molecular complexity index is 3160. The molecule has 0 radical (unpaired) electrons. The van der Waals surface area contributed by atoms with Gasteiger partial charge in [0, 0.05) is 39.2 Å². The predicted molar refractivity (Wildman–Crippen MR) is 223 cm³/mol. The van der Waals surface area contributed by atoms with E-state index in [1.54, 1.807) is 0 Å². The first kappa shape index (κ1) is 30.9. The van der Waals surface area contributed by atoms with Crippen molar-refractivity contribution < 1.29 is 4.42 Å². The Hall–Kier alpha value is -7.50. The summed E-state index contributed by atoms with van der Waals surface area (Å²) in [6.07, 6.45) is 1.93. The van der Waals surface area contributed by atoms with Gasteiger partial charge in [-0.3, -0.25) is 4.98 Å². The summed E-state index contributed by atoms with van der Waals surface area (Å²) in [6.45, 7) is 0. The summed E-state index contributed by atoms with van der Waals surface area (Å²) in [5, 5.41) is 2.08. The number of nitrogens with zero attached hydrogens (tertiary/aromatic N) is 4. The van der Waals surface area contributed by atoms with Crippen LogP contribution in [0.15, 0.2) is 187 Å². The molecule has 0 atom stereocenters. The van der Waals surface area contributed by atoms with Crippen LogP contribution in [0.4, 0.5) is 0 Å². The topological polar surface area (TPSA) is 64.7 Å². The molecule has 0 N–H and O–H groups in total. The fraction of sp³-hybridized carbons (Fsp3) is 0.0196. The number of hydrogen-bond donors (Lipinski definition) is 0. The number of furan rings is 1. The van der Waals surface area contributed by atoms with Gasteiger partial charge in [-0.2, -0.15) is 0 Å². The number of aromatic nitrogens is 4. The lowest BCUT2D eigenvalue weighted by Crippen LogP contribution is -2.26. The Kier molecular flexibility index (Phi) is 6.48. The fourth-order valence-corrected chi connectivity index (χ4v) is 9.35. The second-order valence-corrected chi connectivity index (χ2v) is 14.5. The van der Waals surface area contributed by atoms with E-state index >= 15 is 0 Å². The Balaban J connectivity index is 1.12. The molecule has 3 heterocycles. The van der Waals surface area contributed by atoms with Crippen molar-refractivity contribution in [3.63, 3.8) is 0 Å². The van der Waals surface area contributed by atoms with Crippen LogP contribution in [0.3, 0.4) is 0 Å². The van der Waals surface area contributed by atoms with Gasteiger partial charge in [0.2, 0.25) is 0 Å². The van der Waals surface area contributed by atoms with Crippen LogP contribution in [-0.2, 0) is 5.41 Å². The molecule has 260 valence electrons. The van der Waals surface area contributed by atoms with Crippen molar-refractivity contribution in [3.8, 4) is 67.5 Å². The standard InChI is InChI=1S/C51H30N4O/c1-3-15-31(16-4-1)33-19-7-8-22-36(33)49-53-48(32-17-5-2-6-18-32)54-50(55-49)39-24-13-23-37-45-43(56-46(37)39)29-28-42-44(45)38-25-14-30-52-47(38)51(42)40-26-11-9-20-34(40)35-21-10-12-27-41(35)51/h1-30H. The first-order valence-electron chi connectivity index (χ1n) is 18.9. The van der Waals surface area contributed by atoms with E-state index in [1.807, 2.05) is 54.7 Å². The fourth-order valence-electron chi connectivity index (χ4n) is 9.35. The molecule has 10 aromatic rings. The minimum atomic E-state index is -0.547. The highest BCUT2D eigenvalue weighted by molar-refractivity contribution is 6.18. The number of pyridine rings is 1. The van der Waals surface area contributed by atoms with Crippen molar-refractivity contribution in [2.45, 2.75) is 5.41 Å². The van der Waals surface area contributed by atoms with Crippen molar-refractivity contribution >= 4 is 21.9 Å². The molecule has 0 unspecified atom stereocenters. The first-order valence-corrected chi connectivity index (χ1v) is 18.9. The van der Waals surface area contributed by atoms with Crippen LogP contribution in [-0.4, -0.2) is 19.9 Å². The van der Waals surface area contributed by atoms with E-state index in [9.17, 15) is 0 Å². The molecule has 2 aliphatic carbocycles. The molecule has 1 spiro atoms. The van der Waals surface area contributed by atoms with Gasteiger partial charge in [0.15, 0.2) is 17.5 Å². The van der Waals surface area contributed by atoms with Gasteiger partial charge in [-0.15, -0.1) is 0 Å². The highest BCUT2D eigenvalue weighted by Crippen LogP contribution is 2.63. The normalized spacial score (nSPS) is 13.1. The maximum Gasteiger partial charge on any atom is 0.167 e. The van der Waals surface area contributed by atoms with E-state index in [-0.39, 0.29) is 0 Å². The van der Waals surface area contributed by atoms with Crippen molar-refractivity contribution in [3.05, 3.63) is 205 Å². The molecular weight excluding hydrogens is 685 g/mol. The second-order valence-electron chi connectivity index (χ2n) is 14.5. The van der Waals surface area contributed by atoms with Crippen molar-refractivity contribution in [1.82, 2.24) is 19.9 Å². The van der Waals surface area contributed by atoms with E-state index in [0.717, 1.165) is 66.6 Å². The van der Waals surface area contributed by atoms with Crippen LogP contribution in [0, 0.1) is 0 Å². The molecule has 0 saturated carbocycles. The molecular formula is C51H30N4O. The van der Waals surface area contributed by atoms with Crippen molar-refractivity contribution in [1.29, 1.82) is 0 Å². The molecule has 0 bridgehead atoms. The molecule has 5 nitrogen and oxygen atoms in total. The van der Waals surface area contributed by atoms with Gasteiger partial charge < -0.3 is 4.42 Å². The highest BCUT2D eigenvalue weighted by Gasteiger charge is 2.53. The molecule has 5 heteroatoms. The van der Waals surface area contributed by atoms with Crippen molar-refractivity contribution in [2.75, 3.05) is 0 Å². The Labute approximate surface area is 322 Å². The summed E-state index contributed by atoms with van der Waals surface area (Å²) in [5.41, 5.74) is 15.4. The zero-order chi connectivity index (χ0) is 36.8. The summed E-state index contributed by atoms with van der Waals surface area (Å²) in [7, 11) is 0. The Morgan fingerprint density at radius 2 is 0.964 bits per heavy atom. The van der Waals surface area contributed by atoms with Crippen LogP contribution >= 0.6 is 0 Å². The van der Waals surface area contributed by atoms with E-state index < -0.39 is 5.41 Å². The average molecular weight is 715 g/mol. The van der Waals surface area contributed by atoms with E-state index in [0.29, 0.717) is 17.5 Å². The summed E-state index contributed by atoms with van der Waals surface area (Å²) in [4.78, 5) is 20.7. The lowest BCUT2D eigenvalue weighted by Gasteiger charge is -2.29. The van der Waals surface area contributed by atoms with Gasteiger partial charge >= 0.3 is 0 Å². The van der Waals surface area contributed by atoms with E-state index in [2.05, 4.69) is 127 Å². The smallest absolute Gasteiger partial charge is 0.167 e. The number of rotatable bonds is 4. The summed E-state index contributed by atoms with van der Waals surface area (Å²) in [6, 6.07) is 61.4. The van der Waals surface area contributed by atoms with Crippen LogP contribution in [0.1, 0.15) is 22.4 Å². The largest absolute Gasteiger partial charge is 0.455 e. The monoisotopic (exact) mass is 714 g/mol. The van der Waals surface area contributed by atoms with Crippen LogP contribution < -0.4 is 0 Å². The highest BCUT2D eigenvalue weighted by atomic mass is 16.3. The zero-order valence-corrected chi connectivity index (χ0v) is 30.0. The lowest BCUT2D eigenvalue weighted by molar-refractivity contribution is 0.669. The molecule has 0 saturated heterocycles. The Morgan fingerprint density at radius 3 is 1.70 bits per heavy atom. The summed E-state index contributed by atoms with van der Waals surface area (Å²) in [5.74, 6) is 1.75. The lowest BCUT2D eigenvalue weighted by atomic mass is 9.72. The number of para-hydroxylation sites is 1. The maximum absolute atomic E-state index is 6.93. The van der Waals surface area contributed by atoms with Gasteiger partial charge in [-0.1, -0.05) is 158 Å². The van der Waals surface area contributed by atoms with Gasteiger partial charge in [-0.25, -0.2) is 15.0 Å². The van der Waals surface area contributed by atoms with Gasteiger partial charge in [0.1, 0.15) is 11.2 Å². The minimum absolute atomic E-state index is 0.547. The molecule has 12 rings (SSSR count). The third-order valence-electron chi connectivity index (χ3n) is 11.6. The third kappa shape index (κ3) is 4.19. The average Bonchev–Trinajstić information content (AvgIpc) is 3.91. The van der Waals surface area contributed by atoms with Gasteiger partial charge in [0.05, 0.1) is 16.7 Å². The molecule has 3 aromatic heterocycles. The zero-order valence-electron chi connectivity index (χ0n) is 30.0. The second kappa shape index (κ2) is 11.7. The number of benzene rings is 7. The van der Waals surface area contributed by atoms with Gasteiger partial charge in [-0.05, 0) is 57.1 Å². The first-order chi connectivity index (χ1) is 27.8. The van der Waals surface area contributed by atoms with Gasteiger partial charge in [0.25, 0.3) is 0 Å². The summed E-state index contributed by atoms with van der Waals surface area (Å²) < 4.78 is 6.93. The molecule has 0 fully saturated rings. The predicted octanol–water partition coefficient (Wildman–Crippen LogP) is 12.2.